The summed E-state index contributed by atoms with van der Waals surface area (Å²) >= 11 is 0. The lowest BCUT2D eigenvalue weighted by Crippen LogP contribution is -2.43. The molecule has 0 aliphatic heterocycles. The first-order valence-electron chi connectivity index (χ1n) is 5.69. The van der Waals surface area contributed by atoms with Gasteiger partial charge in [0.25, 0.3) is 0 Å². The number of nitrogens with one attached hydrogen (secondary N) is 2. The zero-order valence-corrected chi connectivity index (χ0v) is 10.2. The van der Waals surface area contributed by atoms with Crippen LogP contribution in [0, 0.1) is 0 Å². The second kappa shape index (κ2) is 8.16. The summed E-state index contributed by atoms with van der Waals surface area (Å²) in [7, 11) is 0. The molecular formula is C10H20F3N3O. The third kappa shape index (κ3) is 9.92. The lowest BCUT2D eigenvalue weighted by Gasteiger charge is -2.19. The van der Waals surface area contributed by atoms with Gasteiger partial charge < -0.3 is 15.5 Å². The number of hydrogen-bond donors (Lipinski definition) is 2. The van der Waals surface area contributed by atoms with Gasteiger partial charge in [0.2, 0.25) is 0 Å². The molecule has 17 heavy (non-hydrogen) atoms. The number of likely N-dealkylation sites (N-methyl/N-ethyl adjacent to an activating group) is 1. The van der Waals surface area contributed by atoms with Crippen molar-refractivity contribution in [3.8, 4) is 0 Å². The molecule has 0 spiro atoms. The third-order valence-corrected chi connectivity index (χ3v) is 2.15. The smallest absolute Gasteiger partial charge is 0.337 e. The SMILES string of the molecule is CCCN(CC)CCNC(=O)NCC(F)(F)F. The Bertz CT molecular complexity index is 221. The van der Waals surface area contributed by atoms with E-state index in [1.165, 1.54) is 0 Å². The van der Waals surface area contributed by atoms with E-state index in [0.717, 1.165) is 19.5 Å². The molecule has 0 aliphatic carbocycles. The summed E-state index contributed by atoms with van der Waals surface area (Å²) < 4.78 is 35.3. The highest BCUT2D eigenvalue weighted by Gasteiger charge is 2.27. The topological polar surface area (TPSA) is 44.4 Å². The maximum absolute atomic E-state index is 11.8. The van der Waals surface area contributed by atoms with Gasteiger partial charge in [-0.05, 0) is 19.5 Å². The zero-order valence-electron chi connectivity index (χ0n) is 10.2. The maximum Gasteiger partial charge on any atom is 0.405 e. The number of amides is 2. The van der Waals surface area contributed by atoms with Crippen molar-refractivity contribution < 1.29 is 18.0 Å². The Kier molecular flexibility index (Phi) is 7.69. The summed E-state index contributed by atoms with van der Waals surface area (Å²) in [6.07, 6.45) is -3.36. The van der Waals surface area contributed by atoms with Gasteiger partial charge in [-0.25, -0.2) is 4.79 Å². The minimum Gasteiger partial charge on any atom is -0.337 e. The highest BCUT2D eigenvalue weighted by molar-refractivity contribution is 5.73. The van der Waals surface area contributed by atoms with Crippen molar-refractivity contribution in [3.05, 3.63) is 0 Å². The molecule has 0 aromatic heterocycles. The Morgan fingerprint density at radius 2 is 1.82 bits per heavy atom. The van der Waals surface area contributed by atoms with E-state index in [0.29, 0.717) is 13.1 Å². The summed E-state index contributed by atoms with van der Waals surface area (Å²) in [5, 5.41) is 4.14. The van der Waals surface area contributed by atoms with E-state index in [4.69, 9.17) is 0 Å². The molecule has 7 heteroatoms. The minimum atomic E-state index is -4.37. The molecule has 2 amide bonds. The van der Waals surface area contributed by atoms with Gasteiger partial charge in [0.1, 0.15) is 6.54 Å². The molecule has 0 bridgehead atoms. The molecule has 0 atom stereocenters. The highest BCUT2D eigenvalue weighted by Crippen LogP contribution is 2.11. The van der Waals surface area contributed by atoms with Crippen molar-refractivity contribution in [1.82, 2.24) is 15.5 Å². The van der Waals surface area contributed by atoms with Gasteiger partial charge in [-0.3, -0.25) is 0 Å². The van der Waals surface area contributed by atoms with Crippen molar-refractivity contribution in [2.75, 3.05) is 32.7 Å². The van der Waals surface area contributed by atoms with Gasteiger partial charge in [0, 0.05) is 13.1 Å². The third-order valence-electron chi connectivity index (χ3n) is 2.15. The zero-order chi connectivity index (χ0) is 13.3. The summed E-state index contributed by atoms with van der Waals surface area (Å²) in [5.41, 5.74) is 0. The number of hydrogen-bond acceptors (Lipinski definition) is 2. The standard InChI is InChI=1S/C10H20F3N3O/c1-3-6-16(4-2)7-5-14-9(17)15-8-10(11,12)13/h3-8H2,1-2H3,(H2,14,15,17). The predicted molar refractivity (Wildman–Crippen MR) is 59.9 cm³/mol. The van der Waals surface area contributed by atoms with Gasteiger partial charge in [0.05, 0.1) is 0 Å². The minimum absolute atomic E-state index is 0.345. The quantitative estimate of drug-likeness (QED) is 0.725. The maximum atomic E-state index is 11.8. The number of carbonyl (C=O) groups excluding carboxylic acids is 1. The Morgan fingerprint density at radius 3 is 2.29 bits per heavy atom. The van der Waals surface area contributed by atoms with Crippen LogP contribution in [0.4, 0.5) is 18.0 Å². The van der Waals surface area contributed by atoms with Gasteiger partial charge in [0.15, 0.2) is 0 Å². The van der Waals surface area contributed by atoms with Crippen LogP contribution in [0.5, 0.6) is 0 Å². The van der Waals surface area contributed by atoms with Gasteiger partial charge in [-0.1, -0.05) is 13.8 Å². The van der Waals surface area contributed by atoms with E-state index < -0.39 is 18.8 Å². The van der Waals surface area contributed by atoms with Crippen LogP contribution in [0.15, 0.2) is 0 Å². The molecule has 0 saturated carbocycles. The van der Waals surface area contributed by atoms with Crippen molar-refractivity contribution in [2.24, 2.45) is 0 Å². The van der Waals surface area contributed by atoms with E-state index in [9.17, 15) is 18.0 Å². The van der Waals surface area contributed by atoms with Gasteiger partial charge >= 0.3 is 12.2 Å². The highest BCUT2D eigenvalue weighted by atomic mass is 19.4. The van der Waals surface area contributed by atoms with E-state index in [-0.39, 0.29) is 0 Å². The van der Waals surface area contributed by atoms with Crippen molar-refractivity contribution in [3.63, 3.8) is 0 Å². The van der Waals surface area contributed by atoms with Crippen LogP contribution in [-0.2, 0) is 0 Å². The molecular weight excluding hydrogens is 235 g/mol. The van der Waals surface area contributed by atoms with Gasteiger partial charge in [-0.15, -0.1) is 0 Å². The van der Waals surface area contributed by atoms with Crippen LogP contribution < -0.4 is 10.6 Å². The van der Waals surface area contributed by atoms with Crippen LogP contribution in [0.25, 0.3) is 0 Å². The Balaban J connectivity index is 3.63. The molecule has 0 unspecified atom stereocenters. The summed E-state index contributed by atoms with van der Waals surface area (Å²) in [6, 6.07) is -0.783. The first-order valence-corrected chi connectivity index (χ1v) is 5.69. The largest absolute Gasteiger partial charge is 0.405 e. The Hall–Kier alpha value is -0.980. The van der Waals surface area contributed by atoms with Crippen molar-refractivity contribution in [1.29, 1.82) is 0 Å². The summed E-state index contributed by atoms with van der Waals surface area (Å²) in [4.78, 5) is 13.1. The van der Waals surface area contributed by atoms with Crippen LogP contribution in [-0.4, -0.2) is 49.8 Å². The fraction of sp³-hybridized carbons (Fsp3) is 0.900. The molecule has 0 saturated heterocycles. The molecule has 0 aromatic carbocycles. The van der Waals surface area contributed by atoms with E-state index in [1.54, 1.807) is 5.32 Å². The normalized spacial score (nSPS) is 11.6. The van der Waals surface area contributed by atoms with Crippen molar-refractivity contribution >= 4 is 6.03 Å². The second-order valence-electron chi connectivity index (χ2n) is 3.66. The van der Waals surface area contributed by atoms with Gasteiger partial charge in [-0.2, -0.15) is 13.2 Å². The molecule has 0 heterocycles. The van der Waals surface area contributed by atoms with Crippen LogP contribution >= 0.6 is 0 Å². The van der Waals surface area contributed by atoms with Crippen LogP contribution in [0.1, 0.15) is 20.3 Å². The second-order valence-corrected chi connectivity index (χ2v) is 3.66. The fourth-order valence-electron chi connectivity index (χ4n) is 1.31. The summed E-state index contributed by atoms with van der Waals surface area (Å²) in [5.74, 6) is 0. The molecule has 0 aromatic rings. The van der Waals surface area contributed by atoms with E-state index >= 15 is 0 Å². The Morgan fingerprint density at radius 1 is 1.18 bits per heavy atom. The number of carbonyl (C=O) groups is 1. The molecule has 0 aliphatic rings. The van der Waals surface area contributed by atoms with E-state index in [2.05, 4.69) is 10.2 Å². The average molecular weight is 255 g/mol. The lowest BCUT2D eigenvalue weighted by atomic mass is 10.4. The van der Waals surface area contributed by atoms with Crippen LogP contribution in [0.3, 0.4) is 0 Å². The molecule has 0 fully saturated rings. The lowest BCUT2D eigenvalue weighted by molar-refractivity contribution is -0.122. The summed E-state index contributed by atoms with van der Waals surface area (Å²) in [6.45, 7) is 5.51. The Labute approximate surface area is 99.5 Å². The first kappa shape index (κ1) is 16.0. The monoisotopic (exact) mass is 255 g/mol. The fourth-order valence-corrected chi connectivity index (χ4v) is 1.31. The average Bonchev–Trinajstić information content (AvgIpc) is 2.24. The molecule has 2 N–H and O–H groups in total. The molecule has 4 nitrogen and oxygen atoms in total. The van der Waals surface area contributed by atoms with Crippen LogP contribution in [0.2, 0.25) is 0 Å². The molecule has 102 valence electrons. The first-order chi connectivity index (χ1) is 7.89. The number of nitrogens with zero attached hydrogens (tertiary/aromatic N) is 1. The molecule has 0 rings (SSSR count). The molecule has 0 radical (unpaired) electrons. The van der Waals surface area contributed by atoms with Crippen molar-refractivity contribution in [2.45, 2.75) is 26.4 Å². The number of alkyl halides is 3. The van der Waals surface area contributed by atoms with E-state index in [1.807, 2.05) is 13.8 Å². The number of halogens is 3. The predicted octanol–water partition coefficient (Wildman–Crippen LogP) is 1.58. The number of rotatable bonds is 7. The number of urea groups is 1.